The van der Waals surface area contributed by atoms with E-state index in [0.717, 1.165) is 23.6 Å². The number of carbonyl (C=O) groups is 1. The van der Waals surface area contributed by atoms with E-state index in [1.807, 2.05) is 13.8 Å². The lowest BCUT2D eigenvalue weighted by Crippen LogP contribution is -2.27. The highest BCUT2D eigenvalue weighted by atomic mass is 16.1. The molecule has 0 bridgehead atoms. The smallest absolute Gasteiger partial charge is 0.216 e. The molecule has 0 saturated carbocycles. The maximum atomic E-state index is 10.7. The predicted octanol–water partition coefficient (Wildman–Crippen LogP) is 0.181. The Kier molecular flexibility index (Phi) is 5.31. The molecule has 100 valence electrons. The SMILES string of the molecule is CCc1nc(NN)c(C)c(NCCNC(C)=O)n1. The summed E-state index contributed by atoms with van der Waals surface area (Å²) in [7, 11) is 0. The summed E-state index contributed by atoms with van der Waals surface area (Å²) >= 11 is 0. The number of nitrogens with two attached hydrogens (primary N) is 1. The van der Waals surface area contributed by atoms with Crippen molar-refractivity contribution >= 4 is 17.5 Å². The number of amides is 1. The number of nitrogen functional groups attached to an aromatic ring is 1. The molecule has 18 heavy (non-hydrogen) atoms. The highest BCUT2D eigenvalue weighted by molar-refractivity contribution is 5.72. The highest BCUT2D eigenvalue weighted by Crippen LogP contribution is 2.18. The Morgan fingerprint density at radius 3 is 2.50 bits per heavy atom. The van der Waals surface area contributed by atoms with Gasteiger partial charge < -0.3 is 16.1 Å². The molecular weight excluding hydrogens is 232 g/mol. The number of carbonyl (C=O) groups excluding carboxylic acids is 1. The van der Waals surface area contributed by atoms with Crippen LogP contribution in [0.5, 0.6) is 0 Å². The fourth-order valence-electron chi connectivity index (χ4n) is 1.45. The normalized spacial score (nSPS) is 10.0. The van der Waals surface area contributed by atoms with E-state index in [-0.39, 0.29) is 5.91 Å². The minimum absolute atomic E-state index is 0.0465. The van der Waals surface area contributed by atoms with Gasteiger partial charge in [-0.15, -0.1) is 0 Å². The third-order valence-electron chi connectivity index (χ3n) is 2.44. The zero-order chi connectivity index (χ0) is 13.5. The van der Waals surface area contributed by atoms with Crippen molar-refractivity contribution in [3.8, 4) is 0 Å². The third-order valence-corrected chi connectivity index (χ3v) is 2.44. The first kappa shape index (κ1) is 14.2. The van der Waals surface area contributed by atoms with Gasteiger partial charge in [-0.05, 0) is 6.92 Å². The second-order valence-electron chi connectivity index (χ2n) is 3.87. The molecule has 1 aromatic rings. The average molecular weight is 252 g/mol. The summed E-state index contributed by atoms with van der Waals surface area (Å²) in [4.78, 5) is 19.4. The van der Waals surface area contributed by atoms with Crippen molar-refractivity contribution in [2.45, 2.75) is 27.2 Å². The molecule has 1 heterocycles. The first-order chi connectivity index (χ1) is 8.58. The molecule has 0 spiro atoms. The average Bonchev–Trinajstić information content (AvgIpc) is 2.36. The van der Waals surface area contributed by atoms with Gasteiger partial charge in [0.15, 0.2) is 0 Å². The number of aromatic nitrogens is 2. The van der Waals surface area contributed by atoms with Crippen molar-refractivity contribution in [2.75, 3.05) is 23.8 Å². The summed E-state index contributed by atoms with van der Waals surface area (Å²) in [6, 6.07) is 0. The number of rotatable bonds is 6. The first-order valence-corrected chi connectivity index (χ1v) is 5.90. The van der Waals surface area contributed by atoms with Crippen LogP contribution in [-0.4, -0.2) is 29.0 Å². The van der Waals surface area contributed by atoms with Crippen LogP contribution in [0.25, 0.3) is 0 Å². The van der Waals surface area contributed by atoms with Gasteiger partial charge in [0, 0.05) is 32.0 Å². The first-order valence-electron chi connectivity index (χ1n) is 5.90. The van der Waals surface area contributed by atoms with E-state index >= 15 is 0 Å². The quantitative estimate of drug-likeness (QED) is 0.327. The number of aryl methyl sites for hydroxylation is 1. The molecule has 0 aliphatic rings. The molecule has 5 N–H and O–H groups in total. The molecule has 0 fully saturated rings. The molecule has 0 saturated heterocycles. The lowest BCUT2D eigenvalue weighted by molar-refractivity contribution is -0.118. The Hall–Kier alpha value is -1.89. The lowest BCUT2D eigenvalue weighted by atomic mass is 10.3. The highest BCUT2D eigenvalue weighted by Gasteiger charge is 2.08. The Balaban J connectivity index is 2.71. The van der Waals surface area contributed by atoms with Crippen molar-refractivity contribution in [3.05, 3.63) is 11.4 Å². The largest absolute Gasteiger partial charge is 0.368 e. The van der Waals surface area contributed by atoms with Crippen molar-refractivity contribution in [3.63, 3.8) is 0 Å². The van der Waals surface area contributed by atoms with Crippen LogP contribution < -0.4 is 21.9 Å². The second-order valence-corrected chi connectivity index (χ2v) is 3.87. The van der Waals surface area contributed by atoms with Gasteiger partial charge in [0.05, 0.1) is 0 Å². The Labute approximate surface area is 107 Å². The summed E-state index contributed by atoms with van der Waals surface area (Å²) < 4.78 is 0. The fraction of sp³-hybridized carbons (Fsp3) is 0.545. The van der Waals surface area contributed by atoms with E-state index in [0.29, 0.717) is 18.9 Å². The summed E-state index contributed by atoms with van der Waals surface area (Å²) in [6.45, 7) is 6.50. The summed E-state index contributed by atoms with van der Waals surface area (Å²) in [6.07, 6.45) is 0.731. The minimum Gasteiger partial charge on any atom is -0.368 e. The number of nitrogens with zero attached hydrogens (tertiary/aromatic N) is 2. The molecule has 1 amide bonds. The zero-order valence-corrected chi connectivity index (χ0v) is 11.0. The number of hydrogen-bond donors (Lipinski definition) is 4. The van der Waals surface area contributed by atoms with Gasteiger partial charge in [-0.3, -0.25) is 4.79 Å². The van der Waals surface area contributed by atoms with Crippen LogP contribution in [0.15, 0.2) is 0 Å². The van der Waals surface area contributed by atoms with Crippen LogP contribution in [0.2, 0.25) is 0 Å². The van der Waals surface area contributed by atoms with Crippen molar-refractivity contribution in [2.24, 2.45) is 5.84 Å². The summed E-state index contributed by atoms with van der Waals surface area (Å²) in [5, 5.41) is 5.86. The van der Waals surface area contributed by atoms with Crippen LogP contribution in [0.3, 0.4) is 0 Å². The summed E-state index contributed by atoms with van der Waals surface area (Å²) in [5.74, 6) is 7.44. The molecule has 7 heteroatoms. The molecule has 0 unspecified atom stereocenters. The van der Waals surface area contributed by atoms with Crippen LogP contribution in [0.1, 0.15) is 25.2 Å². The van der Waals surface area contributed by atoms with E-state index in [1.54, 1.807) is 0 Å². The third kappa shape index (κ3) is 3.85. The predicted molar refractivity (Wildman–Crippen MR) is 71.1 cm³/mol. The monoisotopic (exact) mass is 252 g/mol. The molecule has 1 aromatic heterocycles. The van der Waals surface area contributed by atoms with Gasteiger partial charge in [-0.25, -0.2) is 15.8 Å². The number of hydrogen-bond acceptors (Lipinski definition) is 6. The van der Waals surface area contributed by atoms with Gasteiger partial charge in [0.25, 0.3) is 0 Å². The Morgan fingerprint density at radius 2 is 1.94 bits per heavy atom. The number of nitrogens with one attached hydrogen (secondary N) is 3. The molecule has 1 rings (SSSR count). The van der Waals surface area contributed by atoms with Gasteiger partial charge >= 0.3 is 0 Å². The van der Waals surface area contributed by atoms with Crippen LogP contribution in [-0.2, 0) is 11.2 Å². The summed E-state index contributed by atoms with van der Waals surface area (Å²) in [5.41, 5.74) is 3.42. The van der Waals surface area contributed by atoms with E-state index in [1.165, 1.54) is 6.92 Å². The van der Waals surface area contributed by atoms with E-state index in [2.05, 4.69) is 26.0 Å². The van der Waals surface area contributed by atoms with Crippen molar-refractivity contribution in [1.29, 1.82) is 0 Å². The number of hydrazine groups is 1. The van der Waals surface area contributed by atoms with Gasteiger partial charge in [-0.2, -0.15) is 0 Å². The lowest BCUT2D eigenvalue weighted by Gasteiger charge is -2.13. The standard InChI is InChI=1S/C11H20N6O/c1-4-9-15-10(7(2)11(16-9)17-12)14-6-5-13-8(3)18/h4-6,12H2,1-3H3,(H,13,18)(H2,14,15,16,17). The molecule has 0 aliphatic heterocycles. The Morgan fingerprint density at radius 1 is 1.28 bits per heavy atom. The van der Waals surface area contributed by atoms with Crippen LogP contribution in [0, 0.1) is 6.92 Å². The minimum atomic E-state index is -0.0465. The zero-order valence-electron chi connectivity index (χ0n) is 11.0. The molecule has 0 atom stereocenters. The molecular formula is C11H20N6O. The van der Waals surface area contributed by atoms with Gasteiger partial charge in [0.1, 0.15) is 17.5 Å². The molecule has 0 aliphatic carbocycles. The van der Waals surface area contributed by atoms with Crippen molar-refractivity contribution < 1.29 is 4.79 Å². The van der Waals surface area contributed by atoms with Crippen LogP contribution in [0.4, 0.5) is 11.6 Å². The molecule has 0 radical (unpaired) electrons. The molecule has 0 aromatic carbocycles. The van der Waals surface area contributed by atoms with Gasteiger partial charge in [0.2, 0.25) is 5.91 Å². The van der Waals surface area contributed by atoms with Crippen LogP contribution >= 0.6 is 0 Å². The van der Waals surface area contributed by atoms with Gasteiger partial charge in [-0.1, -0.05) is 6.92 Å². The fourth-order valence-corrected chi connectivity index (χ4v) is 1.45. The maximum absolute atomic E-state index is 10.7. The second kappa shape index (κ2) is 6.75. The van der Waals surface area contributed by atoms with E-state index < -0.39 is 0 Å². The van der Waals surface area contributed by atoms with E-state index in [4.69, 9.17) is 5.84 Å². The molecule has 7 nitrogen and oxygen atoms in total. The Bertz CT molecular complexity index is 420. The topological polar surface area (TPSA) is 105 Å². The maximum Gasteiger partial charge on any atom is 0.216 e. The number of anilines is 2. The van der Waals surface area contributed by atoms with Crippen molar-refractivity contribution in [1.82, 2.24) is 15.3 Å². The van der Waals surface area contributed by atoms with E-state index in [9.17, 15) is 4.79 Å².